The number of aryl methyl sites for hydroxylation is 1. The van der Waals surface area contributed by atoms with Crippen LogP contribution in [-0.4, -0.2) is 16.7 Å². The average Bonchev–Trinajstić information content (AvgIpc) is 2.61. The van der Waals surface area contributed by atoms with Crippen LogP contribution in [0.3, 0.4) is 0 Å². The molecule has 0 aromatic heterocycles. The van der Waals surface area contributed by atoms with E-state index in [9.17, 15) is 19.7 Å². The Bertz CT molecular complexity index is 976. The van der Waals surface area contributed by atoms with Crippen LogP contribution in [0, 0.1) is 17.0 Å². The van der Waals surface area contributed by atoms with Crippen molar-refractivity contribution in [2.75, 3.05) is 5.32 Å². The van der Waals surface area contributed by atoms with Crippen molar-refractivity contribution in [3.8, 4) is 0 Å². The number of benzene rings is 2. The lowest BCUT2D eigenvalue weighted by molar-refractivity contribution is -0.384. The van der Waals surface area contributed by atoms with Gasteiger partial charge >= 0.3 is 0 Å². The fourth-order valence-corrected chi connectivity index (χ4v) is 2.67. The van der Waals surface area contributed by atoms with E-state index in [1.165, 1.54) is 18.2 Å². The summed E-state index contributed by atoms with van der Waals surface area (Å²) in [7, 11) is 0. The Hall–Kier alpha value is -3.10. The lowest BCUT2D eigenvalue weighted by Crippen LogP contribution is -2.36. The molecule has 2 rings (SSSR count). The van der Waals surface area contributed by atoms with Gasteiger partial charge in [-0.25, -0.2) is 0 Å². The van der Waals surface area contributed by atoms with Crippen molar-refractivity contribution in [2.24, 2.45) is 0 Å². The first-order chi connectivity index (χ1) is 13.2. The maximum Gasteiger partial charge on any atom is 0.287 e. The molecule has 0 aliphatic rings. The van der Waals surface area contributed by atoms with Gasteiger partial charge in [0.2, 0.25) is 5.91 Å². The Morgan fingerprint density at radius 1 is 1.11 bits per heavy atom. The number of allylic oxidation sites excluding steroid dienone is 1. The number of hydrazine groups is 1. The fourth-order valence-electron chi connectivity index (χ4n) is 2.19. The molecule has 0 saturated heterocycles. The summed E-state index contributed by atoms with van der Waals surface area (Å²) in [5.74, 6) is -0.971. The number of nitrogens with zero attached hydrogens (tertiary/aromatic N) is 1. The van der Waals surface area contributed by atoms with Crippen LogP contribution in [0.4, 0.5) is 11.4 Å². The summed E-state index contributed by atoms with van der Waals surface area (Å²) in [6, 6.07) is 8.67. The second kappa shape index (κ2) is 9.20. The van der Waals surface area contributed by atoms with Gasteiger partial charge in [0.1, 0.15) is 5.02 Å². The smallest absolute Gasteiger partial charge is 0.287 e. The summed E-state index contributed by atoms with van der Waals surface area (Å²) in [6.07, 6.45) is 1.26. The minimum atomic E-state index is -0.643. The van der Waals surface area contributed by atoms with Gasteiger partial charge in [-0.3, -0.25) is 25.1 Å². The summed E-state index contributed by atoms with van der Waals surface area (Å²) in [5.41, 5.74) is 6.58. The number of carbonyl (C=O) groups excluding carboxylic acids is 2. The number of nitrogens with one attached hydrogen (secondary N) is 3. The van der Waals surface area contributed by atoms with Crippen molar-refractivity contribution < 1.29 is 14.5 Å². The molecule has 0 heterocycles. The fraction of sp³-hybridized carbons (Fsp3) is 0.111. The maximum atomic E-state index is 12.1. The quantitative estimate of drug-likeness (QED) is 0.370. The van der Waals surface area contributed by atoms with Crippen molar-refractivity contribution >= 4 is 46.4 Å². The monoisotopic (exact) mass is 422 g/mol. The normalized spacial score (nSPS) is 10.9. The highest BCUT2D eigenvalue weighted by atomic mass is 35.5. The van der Waals surface area contributed by atoms with E-state index in [4.69, 9.17) is 23.2 Å². The topological polar surface area (TPSA) is 113 Å². The largest absolute Gasteiger partial charge is 0.322 e. The van der Waals surface area contributed by atoms with E-state index in [0.29, 0.717) is 16.4 Å². The van der Waals surface area contributed by atoms with Crippen LogP contribution in [0.1, 0.15) is 22.8 Å². The van der Waals surface area contributed by atoms with Gasteiger partial charge in [0.25, 0.3) is 11.6 Å². The molecule has 0 spiro atoms. The van der Waals surface area contributed by atoms with Gasteiger partial charge in [0.05, 0.1) is 4.92 Å². The number of carbonyl (C=O) groups is 2. The third kappa shape index (κ3) is 5.70. The van der Waals surface area contributed by atoms with Crippen molar-refractivity contribution in [2.45, 2.75) is 13.8 Å². The number of nitro groups is 1. The van der Waals surface area contributed by atoms with Crippen molar-refractivity contribution in [1.82, 2.24) is 10.9 Å². The first kappa shape index (κ1) is 21.2. The van der Waals surface area contributed by atoms with Crippen molar-refractivity contribution in [3.05, 3.63) is 79.5 Å². The molecular formula is C18H16Cl2N4O4. The van der Waals surface area contributed by atoms with Gasteiger partial charge in [0, 0.05) is 34.1 Å². The van der Waals surface area contributed by atoms with Crippen LogP contribution >= 0.6 is 23.2 Å². The summed E-state index contributed by atoms with van der Waals surface area (Å²) in [5, 5.41) is 13.9. The van der Waals surface area contributed by atoms with E-state index >= 15 is 0 Å². The van der Waals surface area contributed by atoms with Gasteiger partial charge in [0.15, 0.2) is 0 Å². The van der Waals surface area contributed by atoms with E-state index in [1.54, 1.807) is 25.1 Å². The van der Waals surface area contributed by atoms with Crippen LogP contribution in [0.15, 0.2) is 48.2 Å². The second-order valence-electron chi connectivity index (χ2n) is 5.78. The lowest BCUT2D eigenvalue weighted by atomic mass is 10.2. The molecule has 2 amide bonds. The van der Waals surface area contributed by atoms with Crippen LogP contribution in [-0.2, 0) is 4.79 Å². The first-order valence-electron chi connectivity index (χ1n) is 7.93. The first-order valence-corrected chi connectivity index (χ1v) is 8.68. The molecule has 0 aliphatic heterocycles. The molecule has 3 N–H and O–H groups in total. The van der Waals surface area contributed by atoms with Crippen LogP contribution in [0.25, 0.3) is 0 Å². The maximum absolute atomic E-state index is 12.1. The molecule has 2 aromatic carbocycles. The standard InChI is InChI=1S/C18H16Cl2N4O4/c1-10-7-13(19)4-5-15(10)21-17(25)8-11(2)22-23-18(26)12-3-6-16(24(27)28)14(20)9-12/h3-9,22H,1-2H3,(H,21,25)(H,23,26). The van der Waals surface area contributed by atoms with Crippen LogP contribution in [0.5, 0.6) is 0 Å². The molecule has 8 nitrogen and oxygen atoms in total. The van der Waals surface area contributed by atoms with Crippen molar-refractivity contribution in [3.63, 3.8) is 0 Å². The molecule has 146 valence electrons. The average molecular weight is 423 g/mol. The molecule has 0 aliphatic carbocycles. The number of rotatable bonds is 6. The molecule has 0 saturated carbocycles. The summed E-state index contributed by atoms with van der Waals surface area (Å²) in [4.78, 5) is 34.3. The summed E-state index contributed by atoms with van der Waals surface area (Å²) < 4.78 is 0. The predicted octanol–water partition coefficient (Wildman–Crippen LogP) is 3.99. The Morgan fingerprint density at radius 3 is 2.43 bits per heavy atom. The number of anilines is 1. The molecule has 28 heavy (non-hydrogen) atoms. The number of hydrogen-bond donors (Lipinski definition) is 3. The SMILES string of the molecule is CC(=CC(=O)Nc1ccc(Cl)cc1C)NNC(=O)c1ccc([N+](=O)[O-])c(Cl)c1. The van der Waals surface area contributed by atoms with Gasteiger partial charge in [-0.05, 0) is 49.7 Å². The number of nitro benzene ring substituents is 1. The Balaban J connectivity index is 1.95. The third-order valence-electron chi connectivity index (χ3n) is 3.57. The van der Waals surface area contributed by atoms with E-state index in [0.717, 1.165) is 11.6 Å². The second-order valence-corrected chi connectivity index (χ2v) is 6.62. The number of amides is 2. The number of hydrogen-bond acceptors (Lipinski definition) is 5. The molecule has 0 radical (unpaired) electrons. The molecule has 0 fully saturated rings. The van der Waals surface area contributed by atoms with Gasteiger partial charge in [-0.2, -0.15) is 0 Å². The zero-order chi connectivity index (χ0) is 20.8. The Labute approximate surface area is 170 Å². The number of halogens is 2. The van der Waals surface area contributed by atoms with E-state index in [1.807, 2.05) is 6.92 Å². The van der Waals surface area contributed by atoms with Gasteiger partial charge in [-0.1, -0.05) is 23.2 Å². The zero-order valence-electron chi connectivity index (χ0n) is 14.9. The molecular weight excluding hydrogens is 407 g/mol. The van der Waals surface area contributed by atoms with Crippen LogP contribution in [0.2, 0.25) is 10.0 Å². The van der Waals surface area contributed by atoms with Crippen molar-refractivity contribution in [1.29, 1.82) is 0 Å². The summed E-state index contributed by atoms with van der Waals surface area (Å²) >= 11 is 11.7. The summed E-state index contributed by atoms with van der Waals surface area (Å²) in [6.45, 7) is 3.39. The molecule has 0 bridgehead atoms. The van der Waals surface area contributed by atoms with Gasteiger partial charge < -0.3 is 10.7 Å². The molecule has 2 aromatic rings. The third-order valence-corrected chi connectivity index (χ3v) is 4.11. The van der Waals surface area contributed by atoms with E-state index in [-0.39, 0.29) is 16.3 Å². The molecule has 0 atom stereocenters. The minimum absolute atomic E-state index is 0.122. The van der Waals surface area contributed by atoms with E-state index in [2.05, 4.69) is 16.2 Å². The highest BCUT2D eigenvalue weighted by Gasteiger charge is 2.15. The van der Waals surface area contributed by atoms with Crippen LogP contribution < -0.4 is 16.2 Å². The lowest BCUT2D eigenvalue weighted by Gasteiger charge is -2.10. The Morgan fingerprint density at radius 2 is 1.82 bits per heavy atom. The van der Waals surface area contributed by atoms with Gasteiger partial charge in [-0.15, -0.1) is 0 Å². The Kier molecular flexibility index (Phi) is 6.97. The highest BCUT2D eigenvalue weighted by Crippen LogP contribution is 2.24. The molecule has 10 heteroatoms. The zero-order valence-corrected chi connectivity index (χ0v) is 16.4. The predicted molar refractivity (Wildman–Crippen MR) is 107 cm³/mol. The minimum Gasteiger partial charge on any atom is -0.322 e. The molecule has 0 unspecified atom stereocenters. The van der Waals surface area contributed by atoms with E-state index < -0.39 is 16.7 Å². The highest BCUT2D eigenvalue weighted by molar-refractivity contribution is 6.33.